The molecule has 0 spiro atoms. The van der Waals surface area contributed by atoms with Gasteiger partial charge in [-0.2, -0.15) is 0 Å². The predicted molar refractivity (Wildman–Crippen MR) is 131 cm³/mol. The van der Waals surface area contributed by atoms with Gasteiger partial charge in [-0.05, 0) is 49.3 Å². The number of nitrogens with zero attached hydrogens (tertiary/aromatic N) is 1. The van der Waals surface area contributed by atoms with Crippen molar-refractivity contribution in [3.8, 4) is 0 Å². The van der Waals surface area contributed by atoms with Crippen molar-refractivity contribution in [2.75, 3.05) is 11.9 Å². The zero-order valence-corrected chi connectivity index (χ0v) is 19.7. The Labute approximate surface area is 199 Å². The Bertz CT molecular complexity index is 1080. The summed E-state index contributed by atoms with van der Waals surface area (Å²) in [6, 6.07) is 11.2. The van der Waals surface area contributed by atoms with E-state index in [-0.39, 0.29) is 18.5 Å². The Balaban J connectivity index is 1.67. The van der Waals surface area contributed by atoms with Gasteiger partial charge in [0.2, 0.25) is 5.91 Å². The van der Waals surface area contributed by atoms with Crippen molar-refractivity contribution in [1.82, 2.24) is 5.32 Å². The third-order valence-electron chi connectivity index (χ3n) is 5.85. The van der Waals surface area contributed by atoms with Crippen LogP contribution < -0.4 is 10.6 Å². The Morgan fingerprint density at radius 2 is 1.97 bits per heavy atom. The molecule has 2 aromatic rings. The standard InChI is InChI=1S/C27H31F2N3O2/c1-3-8-23(30-17-18(4-2)11-12-19-9-6-5-7-10-19)26(33)31-24-14-13-20-15-21(28)16-22(29)25(20)32-27(24)34/h5-7,9-11,15-16,24H,3-4,8,12-14,17H2,1-2H3,(H,31,33)(H,32,34). The molecule has 1 aliphatic heterocycles. The van der Waals surface area contributed by atoms with E-state index in [1.165, 1.54) is 11.6 Å². The molecule has 0 aliphatic carbocycles. The minimum Gasteiger partial charge on any atom is -0.339 e. The van der Waals surface area contributed by atoms with E-state index in [0.717, 1.165) is 30.9 Å². The molecule has 34 heavy (non-hydrogen) atoms. The molecule has 2 aromatic carbocycles. The lowest BCUT2D eigenvalue weighted by molar-refractivity contribution is -0.123. The zero-order chi connectivity index (χ0) is 24.5. The molecule has 0 saturated heterocycles. The first-order chi connectivity index (χ1) is 16.4. The molecular formula is C27H31F2N3O2. The van der Waals surface area contributed by atoms with Crippen molar-refractivity contribution in [3.63, 3.8) is 0 Å². The summed E-state index contributed by atoms with van der Waals surface area (Å²) in [4.78, 5) is 30.2. The van der Waals surface area contributed by atoms with Gasteiger partial charge >= 0.3 is 0 Å². The first-order valence-corrected chi connectivity index (χ1v) is 11.8. The molecule has 1 heterocycles. The molecule has 5 nitrogen and oxygen atoms in total. The topological polar surface area (TPSA) is 70.6 Å². The van der Waals surface area contributed by atoms with Crippen molar-refractivity contribution in [3.05, 3.63) is 76.9 Å². The van der Waals surface area contributed by atoms with Crippen LogP contribution in [0.25, 0.3) is 0 Å². The summed E-state index contributed by atoms with van der Waals surface area (Å²) in [6.07, 6.45) is 5.48. The normalized spacial score (nSPS) is 16.5. The van der Waals surface area contributed by atoms with Crippen molar-refractivity contribution < 1.29 is 18.4 Å². The number of aliphatic imine (C=N–C) groups is 1. The van der Waals surface area contributed by atoms with Crippen LogP contribution in [0.1, 0.15) is 50.7 Å². The SMILES string of the molecule is CCCC(=NCC(=CCc1ccccc1)CC)C(=O)NC1CCc2cc(F)cc(F)c2NC1=O. The molecule has 2 N–H and O–H groups in total. The van der Waals surface area contributed by atoms with E-state index in [2.05, 4.69) is 40.8 Å². The van der Waals surface area contributed by atoms with Crippen LogP contribution in [-0.4, -0.2) is 30.1 Å². The fraction of sp³-hybridized carbons (Fsp3) is 0.370. The van der Waals surface area contributed by atoms with E-state index < -0.39 is 29.5 Å². The second-order valence-corrected chi connectivity index (χ2v) is 8.39. The lowest BCUT2D eigenvalue weighted by Gasteiger charge is -2.16. The fourth-order valence-electron chi connectivity index (χ4n) is 3.88. The minimum atomic E-state index is -0.858. The second kappa shape index (κ2) is 12.2. The maximum Gasteiger partial charge on any atom is 0.265 e. The summed E-state index contributed by atoms with van der Waals surface area (Å²) >= 11 is 0. The van der Waals surface area contributed by atoms with Crippen molar-refractivity contribution in [2.45, 2.75) is 58.4 Å². The van der Waals surface area contributed by atoms with Crippen LogP contribution in [0.2, 0.25) is 0 Å². The molecule has 7 heteroatoms. The highest BCUT2D eigenvalue weighted by Crippen LogP contribution is 2.26. The van der Waals surface area contributed by atoms with Gasteiger partial charge in [0.15, 0.2) is 0 Å². The first kappa shape index (κ1) is 25.3. The van der Waals surface area contributed by atoms with Crippen molar-refractivity contribution in [1.29, 1.82) is 0 Å². The van der Waals surface area contributed by atoms with E-state index in [0.29, 0.717) is 24.2 Å². The Hall–Kier alpha value is -3.35. The third-order valence-corrected chi connectivity index (χ3v) is 5.85. The molecule has 0 bridgehead atoms. The molecule has 2 amide bonds. The van der Waals surface area contributed by atoms with Gasteiger partial charge < -0.3 is 10.6 Å². The largest absolute Gasteiger partial charge is 0.339 e. The van der Waals surface area contributed by atoms with Crippen LogP contribution in [0.5, 0.6) is 0 Å². The minimum absolute atomic E-state index is 0.0262. The molecule has 1 atom stereocenters. The number of amides is 2. The van der Waals surface area contributed by atoms with E-state index in [9.17, 15) is 18.4 Å². The summed E-state index contributed by atoms with van der Waals surface area (Å²) in [5.41, 5.74) is 3.07. The number of allylic oxidation sites excluding steroid dienone is 1. The van der Waals surface area contributed by atoms with Gasteiger partial charge in [0.1, 0.15) is 17.7 Å². The highest BCUT2D eigenvalue weighted by Gasteiger charge is 2.28. The van der Waals surface area contributed by atoms with Gasteiger partial charge in [-0.1, -0.05) is 62.2 Å². The number of hydrogen-bond acceptors (Lipinski definition) is 3. The molecule has 0 saturated carbocycles. The van der Waals surface area contributed by atoms with Crippen molar-refractivity contribution >= 4 is 23.2 Å². The van der Waals surface area contributed by atoms with Crippen LogP contribution in [0.3, 0.4) is 0 Å². The van der Waals surface area contributed by atoms with Crippen LogP contribution in [0.4, 0.5) is 14.5 Å². The monoisotopic (exact) mass is 467 g/mol. The number of benzene rings is 2. The molecule has 0 fully saturated rings. The maximum absolute atomic E-state index is 14.1. The number of hydrogen-bond donors (Lipinski definition) is 2. The number of nitrogens with one attached hydrogen (secondary N) is 2. The Kier molecular flexibility index (Phi) is 9.08. The van der Waals surface area contributed by atoms with E-state index in [1.54, 1.807) is 0 Å². The van der Waals surface area contributed by atoms with Gasteiger partial charge in [0.05, 0.1) is 17.9 Å². The highest BCUT2D eigenvalue weighted by molar-refractivity contribution is 6.39. The Morgan fingerprint density at radius 3 is 2.68 bits per heavy atom. The van der Waals surface area contributed by atoms with Gasteiger partial charge in [0.25, 0.3) is 5.91 Å². The summed E-state index contributed by atoms with van der Waals surface area (Å²) < 4.78 is 27.7. The smallest absolute Gasteiger partial charge is 0.265 e. The molecule has 0 radical (unpaired) electrons. The van der Waals surface area contributed by atoms with Crippen molar-refractivity contribution in [2.24, 2.45) is 4.99 Å². The van der Waals surface area contributed by atoms with Crippen LogP contribution in [0, 0.1) is 11.6 Å². The second-order valence-electron chi connectivity index (χ2n) is 8.39. The van der Waals surface area contributed by atoms with Gasteiger partial charge in [0, 0.05) is 6.07 Å². The summed E-state index contributed by atoms with van der Waals surface area (Å²) in [5.74, 6) is -2.45. The molecule has 1 unspecified atom stereocenters. The van der Waals surface area contributed by atoms with Gasteiger partial charge in [-0.15, -0.1) is 0 Å². The Morgan fingerprint density at radius 1 is 1.21 bits per heavy atom. The summed E-state index contributed by atoms with van der Waals surface area (Å²) in [6.45, 7) is 4.43. The zero-order valence-electron chi connectivity index (χ0n) is 19.7. The number of carbonyl (C=O) groups excluding carboxylic acids is 2. The van der Waals surface area contributed by atoms with Gasteiger partial charge in [-0.25, -0.2) is 8.78 Å². The fourth-order valence-corrected chi connectivity index (χ4v) is 3.88. The van der Waals surface area contributed by atoms with E-state index in [1.807, 2.05) is 25.1 Å². The number of carbonyl (C=O) groups is 2. The van der Waals surface area contributed by atoms with Crippen LogP contribution in [-0.2, 0) is 22.4 Å². The highest BCUT2D eigenvalue weighted by atomic mass is 19.1. The lowest BCUT2D eigenvalue weighted by Crippen LogP contribution is -2.46. The average molecular weight is 468 g/mol. The number of rotatable bonds is 9. The van der Waals surface area contributed by atoms with Crippen LogP contribution >= 0.6 is 0 Å². The molecule has 3 rings (SSSR count). The maximum atomic E-state index is 14.1. The summed E-state index contributed by atoms with van der Waals surface area (Å²) in [5, 5.41) is 5.24. The predicted octanol–water partition coefficient (Wildman–Crippen LogP) is 5.15. The average Bonchev–Trinajstić information content (AvgIpc) is 2.98. The molecule has 0 aromatic heterocycles. The van der Waals surface area contributed by atoms with E-state index in [4.69, 9.17) is 0 Å². The summed E-state index contributed by atoms with van der Waals surface area (Å²) in [7, 11) is 0. The first-order valence-electron chi connectivity index (χ1n) is 11.8. The number of aryl methyl sites for hydroxylation is 1. The van der Waals surface area contributed by atoms with Gasteiger partial charge in [-0.3, -0.25) is 14.6 Å². The molecule has 180 valence electrons. The molecular weight excluding hydrogens is 436 g/mol. The number of anilines is 1. The van der Waals surface area contributed by atoms with E-state index >= 15 is 0 Å². The number of fused-ring (bicyclic) bond motifs is 1. The van der Waals surface area contributed by atoms with Crippen LogP contribution in [0.15, 0.2) is 59.1 Å². The molecule has 1 aliphatic rings. The third kappa shape index (κ3) is 6.83. The quantitative estimate of drug-likeness (QED) is 0.395. The lowest BCUT2D eigenvalue weighted by atomic mass is 10.0. The number of halogens is 2.